The van der Waals surface area contributed by atoms with Crippen molar-refractivity contribution in [3.63, 3.8) is 0 Å². The first-order chi connectivity index (χ1) is 13.6. The summed E-state index contributed by atoms with van der Waals surface area (Å²) in [7, 11) is -2.41. The predicted octanol–water partition coefficient (Wildman–Crippen LogP) is 3.32. The van der Waals surface area contributed by atoms with Crippen LogP contribution in [-0.2, 0) is 14.8 Å². The van der Waals surface area contributed by atoms with Gasteiger partial charge in [-0.2, -0.15) is 0 Å². The van der Waals surface area contributed by atoms with Crippen molar-refractivity contribution in [1.29, 1.82) is 0 Å². The maximum atomic E-state index is 14.1. The molecule has 2 aromatic carbocycles. The van der Waals surface area contributed by atoms with Crippen molar-refractivity contribution in [1.82, 2.24) is 5.32 Å². The molecule has 6 nitrogen and oxygen atoms in total. The highest BCUT2D eigenvalue weighted by atomic mass is 32.2. The minimum Gasteiger partial charge on any atom is -0.496 e. The number of anilines is 1. The largest absolute Gasteiger partial charge is 0.496 e. The van der Waals surface area contributed by atoms with Gasteiger partial charge in [0.1, 0.15) is 23.9 Å². The molecular weight excluding hydrogens is 402 g/mol. The van der Waals surface area contributed by atoms with Crippen LogP contribution in [0, 0.1) is 18.6 Å². The number of nitrogens with zero attached hydrogens (tertiary/aromatic N) is 1. The van der Waals surface area contributed by atoms with Gasteiger partial charge >= 0.3 is 0 Å². The second-order valence-corrected chi connectivity index (χ2v) is 8.53. The molecule has 0 heterocycles. The van der Waals surface area contributed by atoms with E-state index in [-0.39, 0.29) is 6.04 Å². The number of hydrogen-bond donors (Lipinski definition) is 1. The molecule has 29 heavy (non-hydrogen) atoms. The van der Waals surface area contributed by atoms with Crippen LogP contribution >= 0.6 is 0 Å². The molecule has 158 valence electrons. The van der Waals surface area contributed by atoms with E-state index in [9.17, 15) is 22.0 Å². The molecule has 0 bridgehead atoms. The number of carbonyl (C=O) groups excluding carboxylic acids is 1. The van der Waals surface area contributed by atoms with Crippen molar-refractivity contribution in [2.45, 2.75) is 26.3 Å². The maximum Gasteiger partial charge on any atom is 0.241 e. The fourth-order valence-corrected chi connectivity index (χ4v) is 3.83. The zero-order valence-corrected chi connectivity index (χ0v) is 17.5. The first-order valence-corrected chi connectivity index (χ1v) is 10.8. The van der Waals surface area contributed by atoms with E-state index in [0.29, 0.717) is 22.5 Å². The van der Waals surface area contributed by atoms with Gasteiger partial charge < -0.3 is 10.1 Å². The molecule has 0 fully saturated rings. The monoisotopic (exact) mass is 426 g/mol. The number of methoxy groups -OCH3 is 1. The Morgan fingerprint density at radius 3 is 2.41 bits per heavy atom. The zero-order valence-electron chi connectivity index (χ0n) is 16.7. The van der Waals surface area contributed by atoms with Crippen molar-refractivity contribution in [3.8, 4) is 5.75 Å². The highest BCUT2D eigenvalue weighted by Gasteiger charge is 2.25. The summed E-state index contributed by atoms with van der Waals surface area (Å²) in [5.41, 5.74) is 1.33. The predicted molar refractivity (Wildman–Crippen MR) is 107 cm³/mol. The number of halogens is 2. The lowest BCUT2D eigenvalue weighted by atomic mass is 10.0. The highest BCUT2D eigenvalue weighted by molar-refractivity contribution is 7.92. The fraction of sp³-hybridized carbons (Fsp3) is 0.350. The summed E-state index contributed by atoms with van der Waals surface area (Å²) in [6, 6.07) is 7.60. The molecule has 1 atom stereocenters. The Balaban J connectivity index is 2.24. The van der Waals surface area contributed by atoms with E-state index < -0.39 is 39.8 Å². The smallest absolute Gasteiger partial charge is 0.241 e. The minimum absolute atomic E-state index is 0.369. The van der Waals surface area contributed by atoms with Crippen LogP contribution in [0.1, 0.15) is 30.5 Å². The van der Waals surface area contributed by atoms with Crippen molar-refractivity contribution < 1.29 is 26.7 Å². The Morgan fingerprint density at radius 2 is 1.90 bits per heavy atom. The molecule has 0 aliphatic carbocycles. The molecule has 2 rings (SSSR count). The molecule has 0 saturated carbocycles. The highest BCUT2D eigenvalue weighted by Crippen LogP contribution is 2.25. The van der Waals surface area contributed by atoms with Gasteiger partial charge in [-0.25, -0.2) is 17.2 Å². The molecule has 0 unspecified atom stereocenters. The first-order valence-electron chi connectivity index (χ1n) is 8.93. The number of carbonyl (C=O) groups is 1. The summed E-state index contributed by atoms with van der Waals surface area (Å²) >= 11 is 0. The van der Waals surface area contributed by atoms with E-state index in [4.69, 9.17) is 4.74 Å². The van der Waals surface area contributed by atoms with Crippen LogP contribution in [0.25, 0.3) is 0 Å². The summed E-state index contributed by atoms with van der Waals surface area (Å²) in [6.07, 6.45) is 1.41. The molecule has 1 N–H and O–H groups in total. The third-order valence-electron chi connectivity index (χ3n) is 4.43. The summed E-state index contributed by atoms with van der Waals surface area (Å²) in [6.45, 7) is 3.12. The third-order valence-corrected chi connectivity index (χ3v) is 5.56. The lowest BCUT2D eigenvalue weighted by Gasteiger charge is -2.24. The molecule has 0 radical (unpaired) electrons. The van der Waals surface area contributed by atoms with E-state index >= 15 is 0 Å². The third kappa shape index (κ3) is 5.66. The van der Waals surface area contributed by atoms with Gasteiger partial charge in [0.05, 0.1) is 25.1 Å². The number of sulfonamides is 1. The van der Waals surface area contributed by atoms with E-state index in [1.54, 1.807) is 13.2 Å². The molecule has 0 aliphatic rings. The molecule has 0 saturated heterocycles. The second-order valence-electron chi connectivity index (χ2n) is 6.62. The van der Waals surface area contributed by atoms with Gasteiger partial charge in [0, 0.05) is 6.07 Å². The molecule has 1 amide bonds. The lowest BCUT2D eigenvalue weighted by molar-refractivity contribution is -0.120. The summed E-state index contributed by atoms with van der Waals surface area (Å²) in [5, 5.41) is 2.77. The Morgan fingerprint density at radius 1 is 1.21 bits per heavy atom. The van der Waals surface area contributed by atoms with Gasteiger partial charge in [-0.05, 0) is 42.7 Å². The number of rotatable bonds is 8. The van der Waals surface area contributed by atoms with Crippen molar-refractivity contribution in [3.05, 3.63) is 59.2 Å². The van der Waals surface area contributed by atoms with Crippen molar-refractivity contribution in [2.75, 3.05) is 24.2 Å². The van der Waals surface area contributed by atoms with Crippen molar-refractivity contribution >= 4 is 21.6 Å². The van der Waals surface area contributed by atoms with Crippen LogP contribution in [-0.4, -0.2) is 34.2 Å². The van der Waals surface area contributed by atoms with E-state index in [1.165, 1.54) is 0 Å². The standard InChI is InChI=1S/C20H24F2N2O4S/c1-5-17(14-6-9-19(28-3)13(2)10-14)23-20(25)12-24(29(4,26)27)18-8-7-15(21)11-16(18)22/h6-11,17H,5,12H2,1-4H3,(H,23,25)/t17-/m1/s1. The van der Waals surface area contributed by atoms with Gasteiger partial charge in [0.25, 0.3) is 0 Å². The number of ether oxygens (including phenoxy) is 1. The maximum absolute atomic E-state index is 14.1. The number of nitrogens with one attached hydrogen (secondary N) is 1. The quantitative estimate of drug-likeness (QED) is 0.703. The summed E-state index contributed by atoms with van der Waals surface area (Å²) in [5.74, 6) is -1.81. The van der Waals surface area contributed by atoms with Crippen molar-refractivity contribution in [2.24, 2.45) is 0 Å². The van der Waals surface area contributed by atoms with Crippen LogP contribution in [0.4, 0.5) is 14.5 Å². The van der Waals surface area contributed by atoms with Crippen LogP contribution in [0.5, 0.6) is 5.75 Å². The normalized spacial score (nSPS) is 12.3. The van der Waals surface area contributed by atoms with Crippen LogP contribution in [0.3, 0.4) is 0 Å². The Bertz CT molecular complexity index is 996. The van der Waals surface area contributed by atoms with E-state index in [0.717, 1.165) is 29.5 Å². The fourth-order valence-electron chi connectivity index (χ4n) is 2.97. The Kier molecular flexibility index (Phi) is 7.18. The Labute approximate surface area is 169 Å². The molecule has 0 spiro atoms. The van der Waals surface area contributed by atoms with Gasteiger partial charge in [0.15, 0.2) is 0 Å². The zero-order chi connectivity index (χ0) is 21.8. The van der Waals surface area contributed by atoms with Gasteiger partial charge in [-0.1, -0.05) is 19.1 Å². The molecule has 9 heteroatoms. The average molecular weight is 426 g/mol. The van der Waals surface area contributed by atoms with Crippen LogP contribution in [0.2, 0.25) is 0 Å². The first kappa shape index (κ1) is 22.6. The molecular formula is C20H24F2N2O4S. The minimum atomic E-state index is -3.98. The number of aryl methyl sites for hydroxylation is 1. The van der Waals surface area contributed by atoms with Gasteiger partial charge in [-0.3, -0.25) is 9.10 Å². The van der Waals surface area contributed by atoms with Gasteiger partial charge in [0.2, 0.25) is 15.9 Å². The lowest BCUT2D eigenvalue weighted by Crippen LogP contribution is -2.42. The number of benzene rings is 2. The number of amides is 1. The summed E-state index contributed by atoms with van der Waals surface area (Å²) in [4.78, 5) is 12.6. The van der Waals surface area contributed by atoms with Gasteiger partial charge in [-0.15, -0.1) is 0 Å². The topological polar surface area (TPSA) is 75.7 Å². The SMILES string of the molecule is CC[C@@H](NC(=O)CN(c1ccc(F)cc1F)S(C)(=O)=O)c1ccc(OC)c(C)c1. The van der Waals surface area contributed by atoms with E-state index in [1.807, 2.05) is 26.0 Å². The average Bonchev–Trinajstić information content (AvgIpc) is 2.64. The van der Waals surface area contributed by atoms with Crippen LogP contribution < -0.4 is 14.4 Å². The molecule has 0 aliphatic heterocycles. The Hall–Kier alpha value is -2.68. The second kappa shape index (κ2) is 9.21. The van der Waals surface area contributed by atoms with E-state index in [2.05, 4.69) is 5.32 Å². The van der Waals surface area contributed by atoms with Crippen LogP contribution in [0.15, 0.2) is 36.4 Å². The summed E-state index contributed by atoms with van der Waals surface area (Å²) < 4.78 is 57.3. The molecule has 0 aromatic heterocycles. The number of hydrogen-bond acceptors (Lipinski definition) is 4. The molecule has 2 aromatic rings.